The van der Waals surface area contributed by atoms with Crippen LogP contribution in [-0.2, 0) is 4.79 Å². The Bertz CT molecular complexity index is 545. The second kappa shape index (κ2) is 5.25. The maximum absolute atomic E-state index is 12.4. The minimum Gasteiger partial charge on any atom is -0.479 e. The third kappa shape index (κ3) is 2.67. The van der Waals surface area contributed by atoms with E-state index in [1.54, 1.807) is 11.0 Å². The van der Waals surface area contributed by atoms with Crippen LogP contribution in [0, 0.1) is 13.8 Å². The highest BCUT2D eigenvalue weighted by molar-refractivity contribution is 5.96. The molecule has 0 aromatic heterocycles. The molecule has 0 atom stereocenters. The first-order valence-corrected chi connectivity index (χ1v) is 6.66. The van der Waals surface area contributed by atoms with Gasteiger partial charge in [0, 0.05) is 31.5 Å². The molecule has 5 nitrogen and oxygen atoms in total. The van der Waals surface area contributed by atoms with Gasteiger partial charge < -0.3 is 15.1 Å². The third-order valence-corrected chi connectivity index (χ3v) is 3.89. The summed E-state index contributed by atoms with van der Waals surface area (Å²) in [4.78, 5) is 25.0. The predicted molar refractivity (Wildman–Crippen MR) is 73.6 cm³/mol. The van der Waals surface area contributed by atoms with E-state index < -0.39 is 11.6 Å². The molecule has 0 unspecified atom stereocenters. The first-order valence-electron chi connectivity index (χ1n) is 6.66. The van der Waals surface area contributed by atoms with Gasteiger partial charge in [-0.1, -0.05) is 17.7 Å². The molecule has 2 rings (SSSR count). The van der Waals surface area contributed by atoms with Crippen LogP contribution < -0.4 is 0 Å². The summed E-state index contributed by atoms with van der Waals surface area (Å²) in [6.07, 6.45) is 0.137. The molecule has 5 heteroatoms. The van der Waals surface area contributed by atoms with Gasteiger partial charge in [0.2, 0.25) is 0 Å². The molecule has 1 aromatic rings. The monoisotopic (exact) mass is 277 g/mol. The molecule has 0 radical (unpaired) electrons. The van der Waals surface area contributed by atoms with E-state index in [0.29, 0.717) is 5.56 Å². The van der Waals surface area contributed by atoms with Crippen LogP contribution in [-0.4, -0.2) is 45.7 Å². The van der Waals surface area contributed by atoms with Crippen molar-refractivity contribution in [1.82, 2.24) is 4.90 Å². The molecule has 2 N–H and O–H groups in total. The number of rotatable bonds is 2. The fourth-order valence-corrected chi connectivity index (χ4v) is 2.52. The Balaban J connectivity index is 2.11. The van der Waals surface area contributed by atoms with Crippen LogP contribution in [0.4, 0.5) is 0 Å². The van der Waals surface area contributed by atoms with Crippen molar-refractivity contribution in [3.05, 3.63) is 34.9 Å². The molecule has 108 valence electrons. The average Bonchev–Trinajstić information content (AvgIpc) is 2.38. The molecule has 0 saturated carbocycles. The normalized spacial score (nSPS) is 17.9. The average molecular weight is 277 g/mol. The number of benzene rings is 1. The molecule has 1 fully saturated rings. The van der Waals surface area contributed by atoms with Gasteiger partial charge in [0.25, 0.3) is 5.91 Å². The largest absolute Gasteiger partial charge is 0.479 e. The van der Waals surface area contributed by atoms with Crippen LogP contribution >= 0.6 is 0 Å². The van der Waals surface area contributed by atoms with Gasteiger partial charge in [-0.3, -0.25) is 4.79 Å². The van der Waals surface area contributed by atoms with Crippen molar-refractivity contribution >= 4 is 11.9 Å². The highest BCUT2D eigenvalue weighted by Gasteiger charge is 2.40. The number of carboxylic acid groups (broad SMARTS) is 1. The Kier molecular flexibility index (Phi) is 3.81. The Morgan fingerprint density at radius 1 is 1.20 bits per heavy atom. The topological polar surface area (TPSA) is 77.8 Å². The van der Waals surface area contributed by atoms with E-state index in [1.165, 1.54) is 0 Å². The summed E-state index contributed by atoms with van der Waals surface area (Å²) in [6, 6.07) is 5.63. The second-order valence-corrected chi connectivity index (χ2v) is 5.45. The number of likely N-dealkylation sites (tertiary alicyclic amines) is 1. The first kappa shape index (κ1) is 14.5. The van der Waals surface area contributed by atoms with Gasteiger partial charge in [-0.2, -0.15) is 0 Å². The lowest BCUT2D eigenvalue weighted by atomic mass is 9.91. The second-order valence-electron chi connectivity index (χ2n) is 5.45. The summed E-state index contributed by atoms with van der Waals surface area (Å²) in [5.41, 5.74) is 0.947. The number of amides is 1. The lowest BCUT2D eigenvalue weighted by Gasteiger charge is -2.35. The molecule has 0 aliphatic carbocycles. The van der Waals surface area contributed by atoms with E-state index >= 15 is 0 Å². The van der Waals surface area contributed by atoms with Crippen molar-refractivity contribution in [1.29, 1.82) is 0 Å². The van der Waals surface area contributed by atoms with Crippen LogP contribution in [0.1, 0.15) is 34.3 Å². The Labute approximate surface area is 117 Å². The van der Waals surface area contributed by atoms with E-state index in [2.05, 4.69) is 0 Å². The molecule has 1 saturated heterocycles. The zero-order chi connectivity index (χ0) is 14.9. The van der Waals surface area contributed by atoms with Gasteiger partial charge in [0.1, 0.15) is 0 Å². The number of hydrogen-bond donors (Lipinski definition) is 2. The van der Waals surface area contributed by atoms with Crippen molar-refractivity contribution in [3.8, 4) is 0 Å². The summed E-state index contributed by atoms with van der Waals surface area (Å²) in [5.74, 6) is -1.31. The van der Waals surface area contributed by atoms with Crippen LogP contribution in [0.25, 0.3) is 0 Å². The van der Waals surface area contributed by atoms with Gasteiger partial charge >= 0.3 is 5.97 Å². The van der Waals surface area contributed by atoms with Crippen molar-refractivity contribution in [3.63, 3.8) is 0 Å². The maximum Gasteiger partial charge on any atom is 0.335 e. The van der Waals surface area contributed by atoms with E-state index in [-0.39, 0.29) is 31.8 Å². The number of aryl methyl sites for hydroxylation is 2. The molecule has 20 heavy (non-hydrogen) atoms. The van der Waals surface area contributed by atoms with Crippen LogP contribution in [0.2, 0.25) is 0 Å². The number of carbonyl (C=O) groups excluding carboxylic acids is 1. The van der Waals surface area contributed by atoms with Crippen molar-refractivity contribution in [2.24, 2.45) is 0 Å². The summed E-state index contributed by atoms with van der Waals surface area (Å²) < 4.78 is 0. The number of aliphatic hydroxyl groups is 1. The minimum atomic E-state index is -1.70. The van der Waals surface area contributed by atoms with E-state index in [4.69, 9.17) is 5.11 Å². The molecule has 1 heterocycles. The first-order chi connectivity index (χ1) is 9.33. The van der Waals surface area contributed by atoms with Crippen LogP contribution in [0.15, 0.2) is 18.2 Å². The number of nitrogens with zero attached hydrogens (tertiary/aromatic N) is 1. The zero-order valence-electron chi connectivity index (χ0n) is 11.7. The predicted octanol–water partition coefficient (Wildman–Crippen LogP) is 1.36. The molecule has 1 aliphatic heterocycles. The Morgan fingerprint density at radius 3 is 2.30 bits per heavy atom. The number of piperidine rings is 1. The van der Waals surface area contributed by atoms with Crippen molar-refractivity contribution < 1.29 is 19.8 Å². The summed E-state index contributed by atoms with van der Waals surface area (Å²) >= 11 is 0. The van der Waals surface area contributed by atoms with Crippen molar-refractivity contribution in [2.45, 2.75) is 32.3 Å². The quantitative estimate of drug-likeness (QED) is 0.855. The highest BCUT2D eigenvalue weighted by atomic mass is 16.4. The minimum absolute atomic E-state index is 0.0684. The summed E-state index contributed by atoms with van der Waals surface area (Å²) in [7, 11) is 0. The van der Waals surface area contributed by atoms with E-state index in [0.717, 1.165) is 11.1 Å². The molecule has 0 bridgehead atoms. The van der Waals surface area contributed by atoms with Gasteiger partial charge in [0.05, 0.1) is 0 Å². The van der Waals surface area contributed by atoms with Crippen LogP contribution in [0.3, 0.4) is 0 Å². The molecule has 1 aliphatic rings. The molecular formula is C15H19NO4. The fourth-order valence-electron chi connectivity index (χ4n) is 2.52. The van der Waals surface area contributed by atoms with Gasteiger partial charge in [-0.25, -0.2) is 4.79 Å². The molecule has 1 aromatic carbocycles. The highest BCUT2D eigenvalue weighted by Crippen LogP contribution is 2.24. The summed E-state index contributed by atoms with van der Waals surface area (Å²) in [5, 5.41) is 18.8. The summed E-state index contributed by atoms with van der Waals surface area (Å²) in [6.45, 7) is 4.37. The lowest BCUT2D eigenvalue weighted by Crippen LogP contribution is -2.50. The third-order valence-electron chi connectivity index (χ3n) is 3.89. The van der Waals surface area contributed by atoms with Crippen molar-refractivity contribution in [2.75, 3.05) is 13.1 Å². The molecular weight excluding hydrogens is 258 g/mol. The van der Waals surface area contributed by atoms with E-state index in [9.17, 15) is 14.7 Å². The molecule has 0 spiro atoms. The zero-order valence-corrected chi connectivity index (χ0v) is 11.7. The maximum atomic E-state index is 12.4. The van der Waals surface area contributed by atoms with Gasteiger partial charge in [0.15, 0.2) is 5.60 Å². The standard InChI is InChI=1S/C15H19NO4/c1-10-3-4-12(11(2)9-10)13(17)16-7-5-15(20,6-8-16)14(18)19/h3-4,9,20H,5-8H2,1-2H3,(H,18,19). The van der Waals surface area contributed by atoms with Gasteiger partial charge in [-0.15, -0.1) is 0 Å². The number of carboxylic acids is 1. The van der Waals surface area contributed by atoms with Crippen LogP contribution in [0.5, 0.6) is 0 Å². The fraction of sp³-hybridized carbons (Fsp3) is 0.467. The number of aliphatic carboxylic acids is 1. The smallest absolute Gasteiger partial charge is 0.335 e. The SMILES string of the molecule is Cc1ccc(C(=O)N2CCC(O)(C(=O)O)CC2)c(C)c1. The molecule has 1 amide bonds. The van der Waals surface area contributed by atoms with Gasteiger partial charge in [-0.05, 0) is 25.5 Å². The van der Waals surface area contributed by atoms with E-state index in [1.807, 2.05) is 26.0 Å². The lowest BCUT2D eigenvalue weighted by molar-refractivity contribution is -0.162. The Hall–Kier alpha value is -1.88. The number of hydrogen-bond acceptors (Lipinski definition) is 3. The Morgan fingerprint density at radius 2 is 1.80 bits per heavy atom. The number of carbonyl (C=O) groups is 2.